The van der Waals surface area contributed by atoms with E-state index in [1.54, 1.807) is 6.08 Å². The minimum Gasteiger partial charge on any atom is -0.394 e. The minimum absolute atomic E-state index is 0.234. The van der Waals surface area contributed by atoms with Crippen molar-refractivity contribution in [3.8, 4) is 0 Å². The van der Waals surface area contributed by atoms with E-state index in [9.17, 15) is 30.3 Å². The maximum atomic E-state index is 13.0. The molecule has 0 spiro atoms. The van der Waals surface area contributed by atoms with Gasteiger partial charge in [-0.2, -0.15) is 0 Å². The van der Waals surface area contributed by atoms with Gasteiger partial charge in [0, 0.05) is 6.42 Å². The number of amides is 1. The highest BCUT2D eigenvalue weighted by Gasteiger charge is 2.44. The van der Waals surface area contributed by atoms with E-state index in [2.05, 4.69) is 104 Å². The molecular formula is C58H99NO8. The van der Waals surface area contributed by atoms with Crippen LogP contribution in [-0.4, -0.2) is 87.5 Å². The highest BCUT2D eigenvalue weighted by Crippen LogP contribution is 2.22. The molecule has 0 aromatic carbocycles. The first-order valence-electron chi connectivity index (χ1n) is 27.0. The Morgan fingerprint density at radius 1 is 0.522 bits per heavy atom. The number of carbonyl (C=O) groups is 1. The summed E-state index contributed by atoms with van der Waals surface area (Å²) in [5.74, 6) is -0.251. The summed E-state index contributed by atoms with van der Waals surface area (Å²) in [5.41, 5.74) is 0. The molecule has 67 heavy (non-hydrogen) atoms. The van der Waals surface area contributed by atoms with E-state index in [1.807, 2.05) is 6.08 Å². The maximum Gasteiger partial charge on any atom is 0.220 e. The molecule has 0 radical (unpaired) electrons. The van der Waals surface area contributed by atoms with Gasteiger partial charge in [0.05, 0.1) is 25.4 Å². The quantitative estimate of drug-likeness (QED) is 0.0261. The van der Waals surface area contributed by atoms with Gasteiger partial charge in [-0.15, -0.1) is 0 Å². The fraction of sp³-hybridized carbons (Fsp3) is 0.707. The summed E-state index contributed by atoms with van der Waals surface area (Å²) in [7, 11) is 0. The Hall–Kier alpha value is -2.89. The monoisotopic (exact) mass is 938 g/mol. The largest absolute Gasteiger partial charge is 0.394 e. The molecule has 0 saturated carbocycles. The van der Waals surface area contributed by atoms with Crippen LogP contribution in [0.3, 0.4) is 0 Å². The van der Waals surface area contributed by atoms with Gasteiger partial charge < -0.3 is 40.3 Å². The summed E-state index contributed by atoms with van der Waals surface area (Å²) in [6, 6.07) is -0.865. The van der Waals surface area contributed by atoms with E-state index >= 15 is 0 Å². The molecule has 1 amide bonds. The van der Waals surface area contributed by atoms with Crippen LogP contribution in [0.15, 0.2) is 97.2 Å². The Balaban J connectivity index is 2.33. The minimum atomic E-state index is -1.59. The molecule has 9 nitrogen and oxygen atoms in total. The zero-order valence-electron chi connectivity index (χ0n) is 42.4. The number of aliphatic hydroxyl groups is 5. The first-order chi connectivity index (χ1) is 32.8. The molecule has 7 atom stereocenters. The van der Waals surface area contributed by atoms with Crippen LogP contribution in [0.1, 0.15) is 206 Å². The zero-order chi connectivity index (χ0) is 48.7. The van der Waals surface area contributed by atoms with E-state index < -0.39 is 49.5 Å². The van der Waals surface area contributed by atoms with Crippen LogP contribution in [0.4, 0.5) is 0 Å². The van der Waals surface area contributed by atoms with Gasteiger partial charge >= 0.3 is 0 Å². The van der Waals surface area contributed by atoms with Crippen LogP contribution in [0.5, 0.6) is 0 Å². The molecule has 1 fully saturated rings. The first kappa shape index (κ1) is 62.1. The lowest BCUT2D eigenvalue weighted by molar-refractivity contribution is -0.302. The second kappa shape index (κ2) is 46.8. The van der Waals surface area contributed by atoms with Crippen molar-refractivity contribution >= 4 is 5.91 Å². The standard InChI is InChI=1S/C58H99NO8/c1-3-5-7-9-11-13-15-17-19-21-22-23-24-25-26-27-28-29-30-32-33-35-37-39-41-43-45-47-52(61)51(50-66-58-57(65)56(64)55(63)53(49-60)67-58)59-54(62)48-46-44-42-40-38-36-34-31-20-18-16-14-12-10-8-6-4-2/h6,8,12,14,18,20,30,32,34,36-37,39-40,42,45,47,51-53,55-58,60-61,63-65H,3-5,7,9-11,13,15-17,19,21-29,31,33,35,38,41,43-44,46,48-50H2,1-2H3,(H,59,62)/b8-6-,14-12-,20-18-,32-30+,36-34-,39-37+,42-40-,47-45+. The molecule has 384 valence electrons. The summed E-state index contributed by atoms with van der Waals surface area (Å²) in [6.45, 7) is 3.60. The number of unbranched alkanes of at least 4 members (excludes halogenated alkanes) is 20. The number of ether oxygens (including phenoxy) is 2. The molecule has 6 N–H and O–H groups in total. The highest BCUT2D eigenvalue weighted by molar-refractivity contribution is 5.76. The topological polar surface area (TPSA) is 149 Å². The number of hydrogen-bond donors (Lipinski definition) is 6. The van der Waals surface area contributed by atoms with Crippen molar-refractivity contribution < 1.29 is 39.8 Å². The Morgan fingerprint density at radius 2 is 0.940 bits per heavy atom. The molecule has 0 aromatic heterocycles. The number of hydrogen-bond acceptors (Lipinski definition) is 8. The Kier molecular flexibility index (Phi) is 43.4. The number of aliphatic hydroxyl groups excluding tert-OH is 5. The van der Waals surface area contributed by atoms with Crippen molar-refractivity contribution in [2.75, 3.05) is 13.2 Å². The average Bonchev–Trinajstić information content (AvgIpc) is 3.33. The summed E-state index contributed by atoms with van der Waals surface area (Å²) >= 11 is 0. The number of rotatable bonds is 44. The van der Waals surface area contributed by atoms with Crippen molar-refractivity contribution in [1.82, 2.24) is 5.32 Å². The molecule has 1 aliphatic heterocycles. The van der Waals surface area contributed by atoms with E-state index in [0.29, 0.717) is 12.8 Å². The molecule has 1 saturated heterocycles. The van der Waals surface area contributed by atoms with Gasteiger partial charge in [0.1, 0.15) is 24.4 Å². The zero-order valence-corrected chi connectivity index (χ0v) is 42.4. The van der Waals surface area contributed by atoms with E-state index in [0.717, 1.165) is 64.2 Å². The van der Waals surface area contributed by atoms with E-state index in [1.165, 1.54) is 109 Å². The maximum absolute atomic E-state index is 13.0. The number of carbonyl (C=O) groups excluding carboxylic acids is 1. The number of allylic oxidation sites excluding steroid dienone is 15. The van der Waals surface area contributed by atoms with Crippen LogP contribution in [0.2, 0.25) is 0 Å². The van der Waals surface area contributed by atoms with Gasteiger partial charge in [-0.25, -0.2) is 0 Å². The van der Waals surface area contributed by atoms with Crippen LogP contribution in [0.25, 0.3) is 0 Å². The van der Waals surface area contributed by atoms with Gasteiger partial charge in [0.25, 0.3) is 0 Å². The average molecular weight is 938 g/mol. The van der Waals surface area contributed by atoms with Gasteiger partial charge in [-0.1, -0.05) is 214 Å². The fourth-order valence-corrected chi connectivity index (χ4v) is 7.87. The third-order valence-corrected chi connectivity index (χ3v) is 12.1. The smallest absolute Gasteiger partial charge is 0.220 e. The SMILES string of the molecule is CC/C=C\C/C=C\C/C=C\C/C=C\C/C=C\CCCC(=O)NC(COC1OC(CO)C(O)C(O)C1O)C(O)/C=C/CC/C=C/CC/C=C/CCCCCCCCCCCCCCCCCCC. The van der Waals surface area contributed by atoms with Gasteiger partial charge in [0.15, 0.2) is 6.29 Å². The predicted molar refractivity (Wildman–Crippen MR) is 281 cm³/mol. The molecule has 1 aliphatic rings. The van der Waals surface area contributed by atoms with Gasteiger partial charge in [0.2, 0.25) is 5.91 Å². The summed E-state index contributed by atoms with van der Waals surface area (Å²) < 4.78 is 11.2. The lowest BCUT2D eigenvalue weighted by Gasteiger charge is -2.40. The Labute approximate surface area is 409 Å². The molecule has 9 heteroatoms. The lowest BCUT2D eigenvalue weighted by Crippen LogP contribution is -2.60. The molecule has 1 rings (SSSR count). The third-order valence-electron chi connectivity index (χ3n) is 12.1. The van der Waals surface area contributed by atoms with Gasteiger partial charge in [-0.3, -0.25) is 4.79 Å². The summed E-state index contributed by atoms with van der Waals surface area (Å²) in [5, 5.41) is 54.3. The summed E-state index contributed by atoms with van der Waals surface area (Å²) in [6.07, 6.45) is 60.5. The van der Waals surface area contributed by atoms with Crippen molar-refractivity contribution in [2.45, 2.75) is 249 Å². The van der Waals surface area contributed by atoms with Crippen LogP contribution >= 0.6 is 0 Å². The van der Waals surface area contributed by atoms with Crippen molar-refractivity contribution in [3.05, 3.63) is 97.2 Å². The van der Waals surface area contributed by atoms with Crippen LogP contribution in [0, 0.1) is 0 Å². The molecule has 7 unspecified atom stereocenters. The van der Waals surface area contributed by atoms with Gasteiger partial charge in [-0.05, 0) is 83.5 Å². The van der Waals surface area contributed by atoms with Crippen molar-refractivity contribution in [3.63, 3.8) is 0 Å². The van der Waals surface area contributed by atoms with E-state index in [4.69, 9.17) is 9.47 Å². The first-order valence-corrected chi connectivity index (χ1v) is 27.0. The molecule has 0 bridgehead atoms. The summed E-state index contributed by atoms with van der Waals surface area (Å²) in [4.78, 5) is 13.0. The second-order valence-corrected chi connectivity index (χ2v) is 18.3. The van der Waals surface area contributed by atoms with Crippen LogP contribution < -0.4 is 5.32 Å². The van der Waals surface area contributed by atoms with Crippen molar-refractivity contribution in [1.29, 1.82) is 0 Å². The number of nitrogens with one attached hydrogen (secondary N) is 1. The second-order valence-electron chi connectivity index (χ2n) is 18.3. The van der Waals surface area contributed by atoms with Crippen LogP contribution in [-0.2, 0) is 14.3 Å². The normalized spacial score (nSPS) is 20.5. The molecule has 0 aromatic rings. The predicted octanol–water partition coefficient (Wildman–Crippen LogP) is 12.8. The van der Waals surface area contributed by atoms with Crippen molar-refractivity contribution in [2.24, 2.45) is 0 Å². The lowest BCUT2D eigenvalue weighted by atomic mass is 9.99. The van der Waals surface area contributed by atoms with E-state index in [-0.39, 0.29) is 18.9 Å². The highest BCUT2D eigenvalue weighted by atomic mass is 16.7. The Bertz CT molecular complexity index is 1370. The fourth-order valence-electron chi connectivity index (χ4n) is 7.87. The molecular weight excluding hydrogens is 839 g/mol. The Morgan fingerprint density at radius 3 is 1.43 bits per heavy atom. The molecule has 0 aliphatic carbocycles. The third kappa shape index (κ3) is 36.7. The molecule has 1 heterocycles.